The standard InChI is InChI=1S/C34H22N6O3/c41-29-19-13-21-5-1-3-7-27(21)31(29)37-35-25-15-9-23(10-16-25)33-39-40-34(43-33)24-11-17-26(18-12-24)36-38-32-28-8-4-2-6-22(28)14-20-30(32)42/h1-20,41-42H. The van der Waals surface area contributed by atoms with Crippen molar-refractivity contribution in [3.63, 3.8) is 0 Å². The minimum atomic E-state index is 0.0673. The Morgan fingerprint density at radius 2 is 0.860 bits per heavy atom. The lowest BCUT2D eigenvalue weighted by molar-refractivity contribution is 0.476. The second-order valence-electron chi connectivity index (χ2n) is 9.71. The number of rotatable bonds is 6. The van der Waals surface area contributed by atoms with Gasteiger partial charge in [0.05, 0.1) is 11.4 Å². The summed E-state index contributed by atoms with van der Waals surface area (Å²) >= 11 is 0. The number of aromatic nitrogens is 2. The van der Waals surface area contributed by atoms with Gasteiger partial charge >= 0.3 is 0 Å². The number of nitrogens with zero attached hydrogens (tertiary/aromatic N) is 6. The first kappa shape index (κ1) is 25.7. The molecule has 9 heteroatoms. The Kier molecular flexibility index (Phi) is 6.57. The van der Waals surface area contributed by atoms with Crippen LogP contribution >= 0.6 is 0 Å². The molecule has 0 aliphatic carbocycles. The average molecular weight is 563 g/mol. The summed E-state index contributed by atoms with van der Waals surface area (Å²) in [6, 6.07) is 36.7. The number of aromatic hydroxyl groups is 2. The van der Waals surface area contributed by atoms with Crippen LogP contribution < -0.4 is 0 Å². The maximum atomic E-state index is 10.3. The van der Waals surface area contributed by atoms with E-state index in [4.69, 9.17) is 4.42 Å². The van der Waals surface area contributed by atoms with Crippen molar-refractivity contribution in [3.8, 4) is 34.4 Å². The first-order valence-corrected chi connectivity index (χ1v) is 13.4. The smallest absolute Gasteiger partial charge is 0.248 e. The van der Waals surface area contributed by atoms with Crippen molar-refractivity contribution in [2.45, 2.75) is 0 Å². The molecule has 6 aromatic carbocycles. The number of hydrogen-bond acceptors (Lipinski definition) is 9. The average Bonchev–Trinajstić information content (AvgIpc) is 3.55. The molecule has 0 spiro atoms. The first-order valence-electron chi connectivity index (χ1n) is 13.4. The molecule has 0 fully saturated rings. The number of fused-ring (bicyclic) bond motifs is 2. The SMILES string of the molecule is Oc1ccc2ccccc2c1N=Nc1ccc(-c2nnc(-c3ccc(N=Nc4c(O)ccc5ccccc45)cc3)o2)cc1. The molecular weight excluding hydrogens is 540 g/mol. The summed E-state index contributed by atoms with van der Waals surface area (Å²) in [5.74, 6) is 0.858. The second-order valence-corrected chi connectivity index (χ2v) is 9.71. The van der Waals surface area contributed by atoms with E-state index in [-0.39, 0.29) is 11.5 Å². The van der Waals surface area contributed by atoms with Crippen LogP contribution in [0.15, 0.2) is 146 Å². The quantitative estimate of drug-likeness (QED) is 0.195. The van der Waals surface area contributed by atoms with Crippen molar-refractivity contribution in [1.82, 2.24) is 10.2 Å². The Labute approximate surface area is 245 Å². The van der Waals surface area contributed by atoms with E-state index in [1.54, 1.807) is 36.4 Å². The molecule has 7 aromatic rings. The number of hydrogen-bond donors (Lipinski definition) is 2. The number of benzene rings is 6. The highest BCUT2D eigenvalue weighted by Crippen LogP contribution is 2.37. The lowest BCUT2D eigenvalue weighted by atomic mass is 10.1. The fraction of sp³-hybridized carbons (Fsp3) is 0. The zero-order chi connectivity index (χ0) is 29.2. The summed E-state index contributed by atoms with van der Waals surface area (Å²) in [6.07, 6.45) is 0. The molecule has 1 aromatic heterocycles. The van der Waals surface area contributed by atoms with Crippen LogP contribution in [0.3, 0.4) is 0 Å². The van der Waals surface area contributed by atoms with Crippen molar-refractivity contribution >= 4 is 44.3 Å². The summed E-state index contributed by atoms with van der Waals surface area (Å²) in [5, 5.41) is 49.8. The third-order valence-corrected chi connectivity index (χ3v) is 6.94. The van der Waals surface area contributed by atoms with E-state index < -0.39 is 0 Å². The van der Waals surface area contributed by atoms with Crippen LogP contribution in [0.1, 0.15) is 0 Å². The first-order chi connectivity index (χ1) is 21.1. The minimum absolute atomic E-state index is 0.0673. The highest BCUT2D eigenvalue weighted by Gasteiger charge is 2.12. The van der Waals surface area contributed by atoms with Crippen LogP contribution in [0, 0.1) is 0 Å². The van der Waals surface area contributed by atoms with Crippen molar-refractivity contribution in [2.75, 3.05) is 0 Å². The van der Waals surface area contributed by atoms with Gasteiger partial charge in [-0.3, -0.25) is 0 Å². The van der Waals surface area contributed by atoms with Gasteiger partial charge in [-0.1, -0.05) is 60.7 Å². The van der Waals surface area contributed by atoms with E-state index >= 15 is 0 Å². The van der Waals surface area contributed by atoms with Crippen LogP contribution in [-0.4, -0.2) is 20.4 Å². The molecule has 2 N–H and O–H groups in total. The molecule has 0 saturated carbocycles. The predicted octanol–water partition coefficient (Wildman–Crippen LogP) is 9.95. The third-order valence-electron chi connectivity index (χ3n) is 6.94. The van der Waals surface area contributed by atoms with Gasteiger partial charge in [-0.05, 0) is 71.4 Å². The van der Waals surface area contributed by atoms with Crippen molar-refractivity contribution in [1.29, 1.82) is 0 Å². The molecule has 1 heterocycles. The minimum Gasteiger partial charge on any atom is -0.506 e. The third kappa shape index (κ3) is 5.18. The van der Waals surface area contributed by atoms with Crippen LogP contribution in [0.4, 0.5) is 22.7 Å². The predicted molar refractivity (Wildman–Crippen MR) is 165 cm³/mol. The molecule has 0 aliphatic heterocycles. The Morgan fingerprint density at radius 1 is 0.442 bits per heavy atom. The normalized spacial score (nSPS) is 11.7. The lowest BCUT2D eigenvalue weighted by Gasteiger charge is -2.03. The maximum absolute atomic E-state index is 10.3. The fourth-order valence-corrected chi connectivity index (χ4v) is 4.71. The molecule has 0 aliphatic rings. The van der Waals surface area contributed by atoms with Gasteiger partial charge < -0.3 is 14.6 Å². The summed E-state index contributed by atoms with van der Waals surface area (Å²) < 4.78 is 5.93. The molecule has 0 saturated heterocycles. The van der Waals surface area contributed by atoms with E-state index in [0.29, 0.717) is 34.5 Å². The lowest BCUT2D eigenvalue weighted by Crippen LogP contribution is -1.77. The van der Waals surface area contributed by atoms with Gasteiger partial charge in [0, 0.05) is 21.9 Å². The zero-order valence-corrected chi connectivity index (χ0v) is 22.5. The van der Waals surface area contributed by atoms with E-state index in [2.05, 4.69) is 30.7 Å². The van der Waals surface area contributed by atoms with E-state index in [1.807, 2.05) is 84.9 Å². The molecule has 0 bridgehead atoms. The second kappa shape index (κ2) is 11.0. The van der Waals surface area contributed by atoms with Gasteiger partial charge in [0.1, 0.15) is 22.9 Å². The van der Waals surface area contributed by atoms with Gasteiger partial charge in [0.2, 0.25) is 11.8 Å². The van der Waals surface area contributed by atoms with Crippen LogP contribution in [0.2, 0.25) is 0 Å². The molecule has 0 atom stereocenters. The van der Waals surface area contributed by atoms with Gasteiger partial charge in [0.15, 0.2) is 0 Å². The number of azo groups is 2. The van der Waals surface area contributed by atoms with E-state index in [0.717, 1.165) is 32.7 Å². The summed E-state index contributed by atoms with van der Waals surface area (Å²) in [5.41, 5.74) is 3.51. The monoisotopic (exact) mass is 562 g/mol. The molecule has 206 valence electrons. The van der Waals surface area contributed by atoms with Crippen molar-refractivity contribution in [2.24, 2.45) is 20.5 Å². The molecule has 0 unspecified atom stereocenters. The van der Waals surface area contributed by atoms with Gasteiger partial charge in [-0.15, -0.1) is 20.4 Å². The van der Waals surface area contributed by atoms with Gasteiger partial charge in [-0.25, -0.2) is 0 Å². The highest BCUT2D eigenvalue weighted by atomic mass is 16.4. The van der Waals surface area contributed by atoms with Crippen LogP contribution in [-0.2, 0) is 0 Å². The summed E-state index contributed by atoms with van der Waals surface area (Å²) in [4.78, 5) is 0. The summed E-state index contributed by atoms with van der Waals surface area (Å²) in [6.45, 7) is 0. The van der Waals surface area contributed by atoms with Crippen molar-refractivity contribution in [3.05, 3.63) is 121 Å². The zero-order valence-electron chi connectivity index (χ0n) is 22.5. The molecule has 0 amide bonds. The topological polar surface area (TPSA) is 129 Å². The highest BCUT2D eigenvalue weighted by molar-refractivity contribution is 5.96. The van der Waals surface area contributed by atoms with Crippen molar-refractivity contribution < 1.29 is 14.6 Å². The number of phenols is 2. The molecule has 0 radical (unpaired) electrons. The molecule has 7 rings (SSSR count). The fourth-order valence-electron chi connectivity index (χ4n) is 4.71. The Hall–Kier alpha value is -6.22. The molecular formula is C34H22N6O3. The van der Waals surface area contributed by atoms with Gasteiger partial charge in [-0.2, -0.15) is 10.2 Å². The Balaban J connectivity index is 1.06. The van der Waals surface area contributed by atoms with Gasteiger partial charge in [0.25, 0.3) is 0 Å². The van der Waals surface area contributed by atoms with E-state index in [1.165, 1.54) is 0 Å². The summed E-state index contributed by atoms with van der Waals surface area (Å²) in [7, 11) is 0. The Morgan fingerprint density at radius 3 is 1.30 bits per heavy atom. The molecule has 9 nitrogen and oxygen atoms in total. The van der Waals surface area contributed by atoms with Crippen LogP contribution in [0.5, 0.6) is 11.5 Å². The maximum Gasteiger partial charge on any atom is 0.248 e. The Bertz CT molecular complexity index is 2000. The largest absolute Gasteiger partial charge is 0.506 e. The van der Waals surface area contributed by atoms with E-state index in [9.17, 15) is 10.2 Å². The van der Waals surface area contributed by atoms with Crippen LogP contribution in [0.25, 0.3) is 44.5 Å². The molecule has 43 heavy (non-hydrogen) atoms. The number of phenolic OH excluding ortho intramolecular Hbond substituents is 2.